The summed E-state index contributed by atoms with van der Waals surface area (Å²) in [5.41, 5.74) is 8.82. The predicted molar refractivity (Wildman–Crippen MR) is 86.0 cm³/mol. The number of hydrogen-bond acceptors (Lipinski definition) is 1. The SMILES string of the molecule is CCc1ccc(CCN=C(N)N2CCCC(C)C2)cc1. The maximum absolute atomic E-state index is 6.10. The first-order valence-corrected chi connectivity index (χ1v) is 7.81. The fourth-order valence-electron chi connectivity index (χ4n) is 2.74. The van der Waals surface area contributed by atoms with Crippen molar-refractivity contribution in [3.63, 3.8) is 0 Å². The molecule has 3 heteroatoms. The minimum Gasteiger partial charge on any atom is -0.370 e. The number of aryl methyl sites for hydroxylation is 1. The largest absolute Gasteiger partial charge is 0.370 e. The summed E-state index contributed by atoms with van der Waals surface area (Å²) < 4.78 is 0. The molecule has 1 aliphatic rings. The van der Waals surface area contributed by atoms with Crippen LogP contribution >= 0.6 is 0 Å². The molecule has 0 radical (unpaired) electrons. The molecule has 0 saturated carbocycles. The van der Waals surface area contributed by atoms with Crippen LogP contribution in [-0.4, -0.2) is 30.5 Å². The highest BCUT2D eigenvalue weighted by Crippen LogP contribution is 2.15. The number of piperidine rings is 1. The molecule has 0 spiro atoms. The zero-order valence-electron chi connectivity index (χ0n) is 12.8. The van der Waals surface area contributed by atoms with E-state index in [1.807, 2.05) is 0 Å². The van der Waals surface area contributed by atoms with Gasteiger partial charge in [0.15, 0.2) is 5.96 Å². The number of likely N-dealkylation sites (tertiary alicyclic amines) is 1. The van der Waals surface area contributed by atoms with Crippen molar-refractivity contribution >= 4 is 5.96 Å². The summed E-state index contributed by atoms with van der Waals surface area (Å²) in [6.07, 6.45) is 4.61. The third-order valence-corrected chi connectivity index (χ3v) is 4.09. The number of hydrogen-bond donors (Lipinski definition) is 1. The maximum atomic E-state index is 6.10. The van der Waals surface area contributed by atoms with Gasteiger partial charge in [0.25, 0.3) is 0 Å². The second-order valence-corrected chi connectivity index (χ2v) is 5.85. The summed E-state index contributed by atoms with van der Waals surface area (Å²) in [6, 6.07) is 8.81. The van der Waals surface area contributed by atoms with Crippen molar-refractivity contribution < 1.29 is 0 Å². The van der Waals surface area contributed by atoms with E-state index in [2.05, 4.69) is 48.0 Å². The van der Waals surface area contributed by atoms with E-state index in [0.29, 0.717) is 0 Å². The molecule has 0 aromatic heterocycles. The lowest BCUT2D eigenvalue weighted by Gasteiger charge is -2.31. The minimum absolute atomic E-state index is 0.724. The first-order chi connectivity index (χ1) is 9.69. The molecule has 1 unspecified atom stereocenters. The molecule has 0 bridgehead atoms. The van der Waals surface area contributed by atoms with Crippen LogP contribution in [0.2, 0.25) is 0 Å². The first kappa shape index (κ1) is 14.9. The number of guanidine groups is 1. The first-order valence-electron chi connectivity index (χ1n) is 7.81. The van der Waals surface area contributed by atoms with E-state index < -0.39 is 0 Å². The van der Waals surface area contributed by atoms with Crippen molar-refractivity contribution in [2.45, 2.75) is 39.5 Å². The average molecular weight is 273 g/mol. The standard InChI is InChI=1S/C17H27N3/c1-3-15-6-8-16(9-7-15)10-11-19-17(18)20-12-4-5-14(2)13-20/h6-9,14H,3-5,10-13H2,1-2H3,(H2,18,19). The Bertz CT molecular complexity index is 436. The Morgan fingerprint density at radius 1 is 1.30 bits per heavy atom. The van der Waals surface area contributed by atoms with Crippen LogP contribution < -0.4 is 5.73 Å². The van der Waals surface area contributed by atoms with Gasteiger partial charge < -0.3 is 10.6 Å². The number of benzene rings is 1. The molecular weight excluding hydrogens is 246 g/mol. The van der Waals surface area contributed by atoms with Gasteiger partial charge in [-0.2, -0.15) is 0 Å². The molecule has 110 valence electrons. The topological polar surface area (TPSA) is 41.6 Å². The molecule has 0 amide bonds. The lowest BCUT2D eigenvalue weighted by Crippen LogP contribution is -2.43. The molecule has 1 atom stereocenters. The van der Waals surface area contributed by atoms with Gasteiger partial charge in [0.05, 0.1) is 0 Å². The van der Waals surface area contributed by atoms with Gasteiger partial charge >= 0.3 is 0 Å². The molecule has 1 heterocycles. The molecule has 1 aliphatic heterocycles. The van der Waals surface area contributed by atoms with E-state index in [1.54, 1.807) is 0 Å². The van der Waals surface area contributed by atoms with E-state index in [4.69, 9.17) is 5.73 Å². The smallest absolute Gasteiger partial charge is 0.191 e. The normalized spacial score (nSPS) is 20.2. The molecule has 1 saturated heterocycles. The Labute approximate surface area is 122 Å². The zero-order chi connectivity index (χ0) is 14.4. The van der Waals surface area contributed by atoms with Gasteiger partial charge in [0, 0.05) is 19.6 Å². The van der Waals surface area contributed by atoms with Crippen LogP contribution in [-0.2, 0) is 12.8 Å². The highest BCUT2D eigenvalue weighted by atomic mass is 15.3. The summed E-state index contributed by atoms with van der Waals surface area (Å²) in [5, 5.41) is 0. The van der Waals surface area contributed by atoms with Gasteiger partial charge in [-0.15, -0.1) is 0 Å². The molecule has 20 heavy (non-hydrogen) atoms. The molecule has 0 aliphatic carbocycles. The Hall–Kier alpha value is -1.51. The van der Waals surface area contributed by atoms with Crippen molar-refractivity contribution in [3.8, 4) is 0 Å². The number of rotatable bonds is 4. The highest BCUT2D eigenvalue weighted by molar-refractivity contribution is 5.78. The minimum atomic E-state index is 0.724. The second kappa shape index (κ2) is 7.32. The Morgan fingerprint density at radius 3 is 2.65 bits per heavy atom. The van der Waals surface area contributed by atoms with Crippen molar-refractivity contribution in [2.75, 3.05) is 19.6 Å². The summed E-state index contributed by atoms with van der Waals surface area (Å²) in [4.78, 5) is 6.77. The lowest BCUT2D eigenvalue weighted by atomic mass is 10.0. The number of nitrogens with two attached hydrogens (primary N) is 1. The summed E-state index contributed by atoms with van der Waals surface area (Å²) >= 11 is 0. The van der Waals surface area contributed by atoms with E-state index in [9.17, 15) is 0 Å². The molecule has 1 aromatic rings. The number of aliphatic imine (C=N–C) groups is 1. The zero-order valence-corrected chi connectivity index (χ0v) is 12.8. The lowest BCUT2D eigenvalue weighted by molar-refractivity contribution is 0.270. The predicted octanol–water partition coefficient (Wildman–Crippen LogP) is 2.84. The Kier molecular flexibility index (Phi) is 5.45. The van der Waals surface area contributed by atoms with Crippen LogP contribution in [0.4, 0.5) is 0 Å². The summed E-state index contributed by atoms with van der Waals surface area (Å²) in [5.74, 6) is 1.46. The van der Waals surface area contributed by atoms with E-state index in [-0.39, 0.29) is 0 Å². The van der Waals surface area contributed by atoms with Crippen LogP contribution in [0.1, 0.15) is 37.8 Å². The van der Waals surface area contributed by atoms with Crippen LogP contribution in [0.25, 0.3) is 0 Å². The van der Waals surface area contributed by atoms with Gasteiger partial charge in [0.2, 0.25) is 0 Å². The quantitative estimate of drug-likeness (QED) is 0.677. The molecule has 1 fully saturated rings. The maximum Gasteiger partial charge on any atom is 0.191 e. The van der Waals surface area contributed by atoms with Crippen LogP contribution in [0.15, 0.2) is 29.3 Å². The van der Waals surface area contributed by atoms with Crippen LogP contribution in [0.3, 0.4) is 0 Å². The molecule has 1 aromatic carbocycles. The van der Waals surface area contributed by atoms with Crippen molar-refractivity contribution in [1.82, 2.24) is 4.90 Å². The molecule has 3 nitrogen and oxygen atoms in total. The van der Waals surface area contributed by atoms with Gasteiger partial charge in [-0.1, -0.05) is 38.1 Å². The van der Waals surface area contributed by atoms with E-state index in [0.717, 1.165) is 44.4 Å². The van der Waals surface area contributed by atoms with E-state index >= 15 is 0 Å². The Morgan fingerprint density at radius 2 is 2.00 bits per heavy atom. The third-order valence-electron chi connectivity index (χ3n) is 4.09. The fourth-order valence-corrected chi connectivity index (χ4v) is 2.74. The summed E-state index contributed by atoms with van der Waals surface area (Å²) in [6.45, 7) is 7.36. The monoisotopic (exact) mass is 273 g/mol. The van der Waals surface area contributed by atoms with E-state index in [1.165, 1.54) is 24.0 Å². The molecule has 2 rings (SSSR count). The molecular formula is C17H27N3. The number of nitrogens with zero attached hydrogens (tertiary/aromatic N) is 2. The van der Waals surface area contributed by atoms with Crippen molar-refractivity contribution in [3.05, 3.63) is 35.4 Å². The average Bonchev–Trinajstić information content (AvgIpc) is 2.48. The van der Waals surface area contributed by atoms with Gasteiger partial charge in [-0.05, 0) is 42.7 Å². The van der Waals surface area contributed by atoms with Crippen molar-refractivity contribution in [2.24, 2.45) is 16.6 Å². The Balaban J connectivity index is 1.82. The highest BCUT2D eigenvalue weighted by Gasteiger charge is 2.17. The fraction of sp³-hybridized carbons (Fsp3) is 0.588. The van der Waals surface area contributed by atoms with Crippen LogP contribution in [0.5, 0.6) is 0 Å². The van der Waals surface area contributed by atoms with Crippen LogP contribution in [0, 0.1) is 5.92 Å². The van der Waals surface area contributed by atoms with Gasteiger partial charge in [-0.3, -0.25) is 4.99 Å². The van der Waals surface area contributed by atoms with Gasteiger partial charge in [-0.25, -0.2) is 0 Å². The molecule has 2 N–H and O–H groups in total. The summed E-state index contributed by atoms with van der Waals surface area (Å²) in [7, 11) is 0. The van der Waals surface area contributed by atoms with Crippen molar-refractivity contribution in [1.29, 1.82) is 0 Å². The third kappa shape index (κ3) is 4.26. The second-order valence-electron chi connectivity index (χ2n) is 5.85. The van der Waals surface area contributed by atoms with Gasteiger partial charge in [0.1, 0.15) is 0 Å².